The molecular weight excluding hydrogens is 449 g/mol. The van der Waals surface area contributed by atoms with Crippen LogP contribution in [0.3, 0.4) is 0 Å². The van der Waals surface area contributed by atoms with Gasteiger partial charge in [-0.15, -0.1) is 12.4 Å². The van der Waals surface area contributed by atoms with Gasteiger partial charge in [-0.2, -0.15) is 0 Å². The lowest BCUT2D eigenvalue weighted by Crippen LogP contribution is -2.45. The number of carbonyl (C=O) groups excluding carboxylic acids is 1. The average Bonchev–Trinajstić information content (AvgIpc) is 3.16. The smallest absolute Gasteiger partial charge is 0.222 e. The van der Waals surface area contributed by atoms with E-state index in [1.165, 1.54) is 69.4 Å². The van der Waals surface area contributed by atoms with E-state index in [4.69, 9.17) is 16.6 Å². The fourth-order valence-corrected chi connectivity index (χ4v) is 6.43. The van der Waals surface area contributed by atoms with Crippen molar-refractivity contribution in [2.24, 2.45) is 4.99 Å². The number of halogens is 2. The standard InChI is InChI=1S/C24H34ClN3OS.ClH/c25-19-13-11-18(12-14-19)16-26-23(29)15-22-17-30-24(27-20-7-3-1-4-8-20)28(22)21-9-5-2-6-10-21;/h11-14,20-22H,1-10,15-17H2,(H,26,29);1H. The molecule has 2 aliphatic carbocycles. The largest absolute Gasteiger partial charge is 0.352 e. The Balaban J connectivity index is 0.00000272. The van der Waals surface area contributed by atoms with Gasteiger partial charge in [0.15, 0.2) is 5.17 Å². The van der Waals surface area contributed by atoms with E-state index in [2.05, 4.69) is 10.2 Å². The van der Waals surface area contributed by atoms with Gasteiger partial charge in [0.2, 0.25) is 5.91 Å². The van der Waals surface area contributed by atoms with E-state index < -0.39 is 0 Å². The van der Waals surface area contributed by atoms with E-state index in [1.807, 2.05) is 36.0 Å². The number of rotatable bonds is 6. The molecule has 0 spiro atoms. The molecule has 7 heteroatoms. The van der Waals surface area contributed by atoms with Gasteiger partial charge in [0, 0.05) is 35.8 Å². The summed E-state index contributed by atoms with van der Waals surface area (Å²) in [6.07, 6.45) is 13.4. The molecule has 1 amide bonds. The van der Waals surface area contributed by atoms with E-state index >= 15 is 0 Å². The fraction of sp³-hybridized carbons (Fsp3) is 0.667. The van der Waals surface area contributed by atoms with Crippen LogP contribution < -0.4 is 5.32 Å². The lowest BCUT2D eigenvalue weighted by Gasteiger charge is -2.37. The highest BCUT2D eigenvalue weighted by atomic mass is 35.5. The zero-order valence-electron chi connectivity index (χ0n) is 18.2. The summed E-state index contributed by atoms with van der Waals surface area (Å²) < 4.78 is 0. The van der Waals surface area contributed by atoms with E-state index in [0.29, 0.717) is 25.0 Å². The van der Waals surface area contributed by atoms with Crippen LogP contribution in [0.5, 0.6) is 0 Å². The minimum atomic E-state index is 0. The Bertz CT molecular complexity index is 731. The van der Waals surface area contributed by atoms with Crippen LogP contribution in [0.25, 0.3) is 0 Å². The maximum Gasteiger partial charge on any atom is 0.222 e. The first-order valence-corrected chi connectivity index (χ1v) is 13.1. The van der Waals surface area contributed by atoms with Crippen molar-refractivity contribution in [3.63, 3.8) is 0 Å². The molecule has 3 fully saturated rings. The zero-order valence-corrected chi connectivity index (χ0v) is 20.6. The van der Waals surface area contributed by atoms with Gasteiger partial charge in [0.05, 0.1) is 6.04 Å². The topological polar surface area (TPSA) is 44.7 Å². The molecule has 1 atom stereocenters. The molecule has 0 bridgehead atoms. The molecule has 2 saturated carbocycles. The second-order valence-electron chi connectivity index (χ2n) is 8.97. The number of nitrogens with one attached hydrogen (secondary N) is 1. The number of amidine groups is 1. The van der Waals surface area contributed by atoms with Crippen molar-refractivity contribution in [3.8, 4) is 0 Å². The van der Waals surface area contributed by atoms with E-state index in [9.17, 15) is 4.79 Å². The number of thioether (sulfide) groups is 1. The molecule has 0 radical (unpaired) electrons. The quantitative estimate of drug-likeness (QED) is 0.522. The van der Waals surface area contributed by atoms with Crippen LogP contribution in [0.15, 0.2) is 29.3 Å². The van der Waals surface area contributed by atoms with Crippen molar-refractivity contribution < 1.29 is 4.79 Å². The summed E-state index contributed by atoms with van der Waals surface area (Å²) in [6.45, 7) is 0.558. The van der Waals surface area contributed by atoms with Crippen LogP contribution in [-0.2, 0) is 11.3 Å². The van der Waals surface area contributed by atoms with Crippen LogP contribution >= 0.6 is 35.8 Å². The normalized spacial score (nSPS) is 24.2. The third-order valence-corrected chi connectivity index (χ3v) is 8.06. The van der Waals surface area contributed by atoms with Gasteiger partial charge in [0.1, 0.15) is 0 Å². The Morgan fingerprint density at radius 2 is 1.68 bits per heavy atom. The molecule has 1 unspecified atom stereocenters. The van der Waals surface area contributed by atoms with Gasteiger partial charge in [-0.05, 0) is 43.4 Å². The molecular formula is C24H35Cl2N3OS. The summed E-state index contributed by atoms with van der Waals surface area (Å²) in [5.41, 5.74) is 1.08. The molecule has 1 aromatic carbocycles. The first-order valence-electron chi connectivity index (χ1n) is 11.7. The number of hydrogen-bond acceptors (Lipinski definition) is 3. The van der Waals surface area contributed by atoms with Crippen molar-refractivity contribution >= 4 is 46.8 Å². The third kappa shape index (κ3) is 7.03. The number of carbonyl (C=O) groups is 1. The number of nitrogens with zero attached hydrogens (tertiary/aromatic N) is 2. The van der Waals surface area contributed by atoms with Crippen LogP contribution in [0, 0.1) is 0 Å². The SMILES string of the molecule is Cl.O=C(CC1CSC(=NC2CCCCC2)N1C1CCCCC1)NCc1ccc(Cl)cc1. The molecule has 1 aliphatic heterocycles. The van der Waals surface area contributed by atoms with E-state index in [0.717, 1.165) is 16.3 Å². The highest BCUT2D eigenvalue weighted by Gasteiger charge is 2.37. The molecule has 1 saturated heterocycles. The summed E-state index contributed by atoms with van der Waals surface area (Å²) >= 11 is 7.84. The van der Waals surface area contributed by atoms with Crippen molar-refractivity contribution in [2.75, 3.05) is 5.75 Å². The predicted molar refractivity (Wildman–Crippen MR) is 134 cm³/mol. The minimum Gasteiger partial charge on any atom is -0.352 e. The first-order chi connectivity index (χ1) is 14.7. The van der Waals surface area contributed by atoms with Crippen LogP contribution in [0.2, 0.25) is 5.02 Å². The number of aliphatic imine (C=N–C) groups is 1. The molecule has 4 rings (SSSR count). The summed E-state index contributed by atoms with van der Waals surface area (Å²) in [5, 5.41) is 5.06. The summed E-state index contributed by atoms with van der Waals surface area (Å²) in [5.74, 6) is 1.12. The maximum absolute atomic E-state index is 12.8. The Morgan fingerprint density at radius 3 is 2.35 bits per heavy atom. The van der Waals surface area contributed by atoms with E-state index in [1.54, 1.807) is 0 Å². The minimum absolute atomic E-state index is 0. The second-order valence-corrected chi connectivity index (χ2v) is 10.4. The second kappa shape index (κ2) is 12.4. The Kier molecular flexibility index (Phi) is 9.86. The van der Waals surface area contributed by atoms with Crippen molar-refractivity contribution in [1.82, 2.24) is 10.2 Å². The van der Waals surface area contributed by atoms with Crippen LogP contribution in [-0.4, -0.2) is 39.9 Å². The summed E-state index contributed by atoms with van der Waals surface area (Å²) in [4.78, 5) is 20.5. The molecule has 1 aromatic rings. The Labute approximate surface area is 202 Å². The molecule has 4 nitrogen and oxygen atoms in total. The van der Waals surface area contributed by atoms with E-state index in [-0.39, 0.29) is 24.4 Å². The lowest BCUT2D eigenvalue weighted by molar-refractivity contribution is -0.122. The molecule has 3 aliphatic rings. The molecule has 31 heavy (non-hydrogen) atoms. The number of benzene rings is 1. The number of hydrogen-bond donors (Lipinski definition) is 1. The monoisotopic (exact) mass is 483 g/mol. The third-order valence-electron chi connectivity index (χ3n) is 6.68. The summed E-state index contributed by atoms with van der Waals surface area (Å²) in [7, 11) is 0. The van der Waals surface area contributed by atoms with Gasteiger partial charge in [0.25, 0.3) is 0 Å². The predicted octanol–water partition coefficient (Wildman–Crippen LogP) is 6.21. The average molecular weight is 485 g/mol. The molecule has 1 heterocycles. The van der Waals surface area contributed by atoms with Crippen LogP contribution in [0.1, 0.15) is 76.2 Å². The maximum atomic E-state index is 12.8. The number of amides is 1. The first kappa shape index (κ1) is 24.7. The van der Waals surface area contributed by atoms with Gasteiger partial charge in [-0.25, -0.2) is 0 Å². The van der Waals surface area contributed by atoms with Crippen molar-refractivity contribution in [3.05, 3.63) is 34.9 Å². The van der Waals surface area contributed by atoms with Gasteiger partial charge < -0.3 is 10.2 Å². The van der Waals surface area contributed by atoms with Crippen molar-refractivity contribution in [1.29, 1.82) is 0 Å². The fourth-order valence-electron chi connectivity index (χ4n) is 5.01. The highest BCUT2D eigenvalue weighted by molar-refractivity contribution is 8.14. The van der Waals surface area contributed by atoms with Crippen LogP contribution in [0.4, 0.5) is 0 Å². The van der Waals surface area contributed by atoms with Crippen molar-refractivity contribution in [2.45, 2.75) is 95.3 Å². The zero-order chi connectivity index (χ0) is 20.8. The van der Waals surface area contributed by atoms with Gasteiger partial charge >= 0.3 is 0 Å². The summed E-state index contributed by atoms with van der Waals surface area (Å²) in [6, 6.07) is 9.00. The lowest BCUT2D eigenvalue weighted by atomic mass is 9.93. The molecule has 0 aromatic heterocycles. The molecule has 1 N–H and O–H groups in total. The molecule has 172 valence electrons. The highest BCUT2D eigenvalue weighted by Crippen LogP contribution is 2.35. The Morgan fingerprint density at radius 1 is 1.03 bits per heavy atom. The van der Waals surface area contributed by atoms with Gasteiger partial charge in [-0.3, -0.25) is 9.79 Å². The van der Waals surface area contributed by atoms with Gasteiger partial charge in [-0.1, -0.05) is 74.0 Å². The Hall–Kier alpha value is -0.910.